The lowest BCUT2D eigenvalue weighted by Crippen LogP contribution is -2.59. The van der Waals surface area contributed by atoms with Crippen molar-refractivity contribution in [2.45, 2.75) is 83.2 Å². The normalized spacial score (nSPS) is 25.9. The number of hydrogen-bond donors (Lipinski definition) is 0. The molecule has 1 unspecified atom stereocenters. The van der Waals surface area contributed by atoms with Gasteiger partial charge in [-0.05, 0) is 57.2 Å². The monoisotopic (exact) mass is 618 g/mol. The van der Waals surface area contributed by atoms with Crippen LogP contribution in [-0.2, 0) is 11.3 Å². The second-order valence-corrected chi connectivity index (χ2v) is 13.0. The van der Waals surface area contributed by atoms with E-state index in [4.69, 9.17) is 37.9 Å². The zero-order chi connectivity index (χ0) is 29.3. The number of anilines is 1. The summed E-state index contributed by atoms with van der Waals surface area (Å²) < 4.78 is 38.3. The zero-order valence-corrected chi connectivity index (χ0v) is 25.4. The van der Waals surface area contributed by atoms with Gasteiger partial charge in [0.05, 0.1) is 22.7 Å². The van der Waals surface area contributed by atoms with Crippen molar-refractivity contribution in [1.29, 1.82) is 0 Å². The maximum absolute atomic E-state index is 14.1. The third-order valence-corrected chi connectivity index (χ3v) is 9.97. The molecular formula is C29H34Cl2F2N8O. The van der Waals surface area contributed by atoms with Crippen molar-refractivity contribution in [1.82, 2.24) is 34.0 Å². The Labute approximate surface area is 252 Å². The summed E-state index contributed by atoms with van der Waals surface area (Å²) in [7, 11) is 0. The SMILES string of the molecule is Cc1nc2c(N3C[C@@H](C)N([C@H](c4ccc(Cl)c(Cl)c4)C4CC(F)(F)C4)C[C@@H]3C)nc3nncn3c2n1CC1CCCO1. The molecule has 5 heterocycles. The average Bonchev–Trinajstić information content (AvgIpc) is 3.68. The van der Waals surface area contributed by atoms with Gasteiger partial charge >= 0.3 is 0 Å². The Hall–Kier alpha value is -2.60. The fraction of sp³-hybridized carbons (Fsp3) is 0.586. The molecule has 3 aliphatic rings. The maximum atomic E-state index is 14.1. The van der Waals surface area contributed by atoms with E-state index in [2.05, 4.69) is 38.4 Å². The molecule has 9 nitrogen and oxygen atoms in total. The van der Waals surface area contributed by atoms with Gasteiger partial charge < -0.3 is 14.2 Å². The van der Waals surface area contributed by atoms with Gasteiger partial charge in [-0.1, -0.05) is 29.3 Å². The molecule has 224 valence electrons. The highest BCUT2D eigenvalue weighted by Gasteiger charge is 2.51. The fourth-order valence-corrected chi connectivity index (χ4v) is 7.46. The van der Waals surface area contributed by atoms with Gasteiger partial charge in [0, 0.05) is 50.7 Å². The van der Waals surface area contributed by atoms with Crippen LogP contribution in [0.25, 0.3) is 16.9 Å². The van der Waals surface area contributed by atoms with E-state index in [1.54, 1.807) is 12.4 Å². The van der Waals surface area contributed by atoms with Crippen LogP contribution in [0.1, 0.15) is 57.0 Å². The van der Waals surface area contributed by atoms with Gasteiger partial charge in [-0.2, -0.15) is 4.98 Å². The molecule has 0 radical (unpaired) electrons. The minimum Gasteiger partial charge on any atom is -0.376 e. The van der Waals surface area contributed by atoms with Gasteiger partial charge in [-0.15, -0.1) is 10.2 Å². The lowest BCUT2D eigenvalue weighted by atomic mass is 9.73. The summed E-state index contributed by atoms with van der Waals surface area (Å²) in [5, 5.41) is 9.35. The molecule has 3 fully saturated rings. The first kappa shape index (κ1) is 28.2. The predicted molar refractivity (Wildman–Crippen MR) is 158 cm³/mol. The van der Waals surface area contributed by atoms with Crippen LogP contribution in [0.15, 0.2) is 24.5 Å². The Bertz CT molecular complexity index is 1630. The molecule has 0 bridgehead atoms. The molecule has 1 saturated carbocycles. The topological polar surface area (TPSA) is 76.6 Å². The predicted octanol–water partition coefficient (Wildman–Crippen LogP) is 5.95. The molecule has 7 rings (SSSR count). The van der Waals surface area contributed by atoms with Gasteiger partial charge in [0.2, 0.25) is 5.92 Å². The summed E-state index contributed by atoms with van der Waals surface area (Å²) in [6.45, 7) is 9.10. The van der Waals surface area contributed by atoms with Gasteiger partial charge in [-0.25, -0.2) is 18.2 Å². The van der Waals surface area contributed by atoms with Crippen LogP contribution >= 0.6 is 23.2 Å². The van der Waals surface area contributed by atoms with Crippen LogP contribution in [0.4, 0.5) is 14.6 Å². The lowest BCUT2D eigenvalue weighted by molar-refractivity contribution is -0.137. The molecule has 0 N–H and O–H groups in total. The summed E-state index contributed by atoms with van der Waals surface area (Å²) >= 11 is 12.6. The minimum absolute atomic E-state index is 0.0248. The van der Waals surface area contributed by atoms with Crippen molar-refractivity contribution >= 4 is 46.0 Å². The van der Waals surface area contributed by atoms with E-state index >= 15 is 0 Å². The number of ether oxygens (including phenoxy) is 1. The Morgan fingerprint density at radius 1 is 1.10 bits per heavy atom. The summed E-state index contributed by atoms with van der Waals surface area (Å²) in [5.41, 5.74) is 2.62. The highest BCUT2D eigenvalue weighted by molar-refractivity contribution is 6.42. The second-order valence-electron chi connectivity index (χ2n) is 12.2. The van der Waals surface area contributed by atoms with Gasteiger partial charge in [-0.3, -0.25) is 4.90 Å². The van der Waals surface area contributed by atoms with Crippen molar-refractivity contribution in [2.24, 2.45) is 5.92 Å². The van der Waals surface area contributed by atoms with E-state index in [9.17, 15) is 8.78 Å². The molecule has 0 amide bonds. The number of benzene rings is 1. The molecular weight excluding hydrogens is 585 g/mol. The first-order valence-corrected chi connectivity index (χ1v) is 15.4. The van der Waals surface area contributed by atoms with E-state index in [-0.39, 0.29) is 43.0 Å². The molecule has 4 aromatic rings. The molecule has 1 aromatic carbocycles. The highest BCUT2D eigenvalue weighted by Crippen LogP contribution is 2.51. The van der Waals surface area contributed by atoms with Gasteiger partial charge in [0.1, 0.15) is 17.7 Å². The van der Waals surface area contributed by atoms with Crippen molar-refractivity contribution in [2.75, 3.05) is 24.6 Å². The number of piperazine rings is 1. The highest BCUT2D eigenvalue weighted by atomic mass is 35.5. The smallest absolute Gasteiger partial charge is 0.258 e. The first-order valence-electron chi connectivity index (χ1n) is 14.6. The number of rotatable bonds is 6. The number of nitrogens with zero attached hydrogens (tertiary/aromatic N) is 8. The van der Waals surface area contributed by atoms with Crippen LogP contribution in [-0.4, -0.2) is 77.8 Å². The Kier molecular flexibility index (Phi) is 7.07. The van der Waals surface area contributed by atoms with Crippen LogP contribution in [0, 0.1) is 12.8 Å². The van der Waals surface area contributed by atoms with E-state index in [0.29, 0.717) is 35.5 Å². The maximum Gasteiger partial charge on any atom is 0.258 e. The average molecular weight is 620 g/mol. The van der Waals surface area contributed by atoms with Crippen LogP contribution in [0.2, 0.25) is 10.0 Å². The molecule has 1 aliphatic carbocycles. The molecule has 42 heavy (non-hydrogen) atoms. The van der Waals surface area contributed by atoms with Gasteiger partial charge in [0.25, 0.3) is 5.78 Å². The van der Waals surface area contributed by atoms with Crippen LogP contribution in [0.5, 0.6) is 0 Å². The molecule has 3 aromatic heterocycles. The van der Waals surface area contributed by atoms with Crippen LogP contribution < -0.4 is 4.90 Å². The van der Waals surface area contributed by atoms with Gasteiger partial charge in [0.15, 0.2) is 11.5 Å². The Morgan fingerprint density at radius 3 is 2.62 bits per heavy atom. The van der Waals surface area contributed by atoms with E-state index in [1.165, 1.54) is 0 Å². The fourth-order valence-electron chi connectivity index (χ4n) is 7.16. The molecule has 4 atom stereocenters. The first-order chi connectivity index (χ1) is 20.1. The Balaban J connectivity index is 1.24. The summed E-state index contributed by atoms with van der Waals surface area (Å²) in [6, 6.07) is 5.39. The van der Waals surface area contributed by atoms with Crippen molar-refractivity contribution in [3.05, 3.63) is 46.0 Å². The lowest BCUT2D eigenvalue weighted by Gasteiger charge is -2.52. The third-order valence-electron chi connectivity index (χ3n) is 9.23. The number of imidazole rings is 1. The summed E-state index contributed by atoms with van der Waals surface area (Å²) in [4.78, 5) is 14.6. The number of hydrogen-bond acceptors (Lipinski definition) is 7. The number of halogens is 4. The third kappa shape index (κ3) is 4.82. The Morgan fingerprint density at radius 2 is 1.90 bits per heavy atom. The van der Waals surface area contributed by atoms with Crippen molar-refractivity contribution < 1.29 is 13.5 Å². The van der Waals surface area contributed by atoms with Crippen molar-refractivity contribution in [3.8, 4) is 0 Å². The largest absolute Gasteiger partial charge is 0.376 e. The number of aromatic nitrogens is 6. The standard InChI is InChI=1S/C29H34Cl2F2N8O/c1-16-13-39(17(2)12-38(16)25(20-10-29(32,33)11-20)19-6-7-22(30)23(31)9-19)26-24-27(41-15-34-37-28(41)36-26)40(18(3)35-24)14-21-5-4-8-42-21/h6-7,9,15-17,20-21,25H,4-5,8,10-14H2,1-3H3/t16-,17+,21?,25-/m1/s1. The number of aryl methyl sites for hydroxylation is 1. The van der Waals surface area contributed by atoms with Crippen LogP contribution in [0.3, 0.4) is 0 Å². The summed E-state index contributed by atoms with van der Waals surface area (Å²) in [6.07, 6.45) is 3.64. The quantitative estimate of drug-likeness (QED) is 0.264. The molecule has 2 aliphatic heterocycles. The number of alkyl halides is 2. The van der Waals surface area contributed by atoms with Crippen molar-refractivity contribution in [3.63, 3.8) is 0 Å². The van der Waals surface area contributed by atoms with E-state index < -0.39 is 5.92 Å². The second kappa shape index (κ2) is 10.5. The minimum atomic E-state index is -2.63. The molecule has 0 spiro atoms. The number of fused-ring (bicyclic) bond motifs is 3. The molecule has 13 heteroatoms. The van der Waals surface area contributed by atoms with E-state index in [0.717, 1.165) is 47.8 Å². The van der Waals surface area contributed by atoms with E-state index in [1.807, 2.05) is 23.5 Å². The molecule has 2 saturated heterocycles. The zero-order valence-electron chi connectivity index (χ0n) is 23.9. The summed E-state index contributed by atoms with van der Waals surface area (Å²) in [5.74, 6) is -0.640.